The number of hydrogen-bond acceptors (Lipinski definition) is 2. The molecule has 1 rings (SSSR count). The minimum Gasteiger partial charge on any atom is -0.228 e. The van der Waals surface area contributed by atoms with E-state index >= 15 is 0 Å². The monoisotopic (exact) mass is 258 g/mol. The minimum absolute atomic E-state index is 0.0228. The first-order valence-corrected chi connectivity index (χ1v) is 7.07. The highest BCUT2D eigenvalue weighted by molar-refractivity contribution is 7.92. The molecule has 0 N–H and O–H groups in total. The average molecular weight is 259 g/mol. The summed E-state index contributed by atoms with van der Waals surface area (Å²) in [5.74, 6) is -0.0228. The third-order valence-corrected chi connectivity index (χ3v) is 4.75. The van der Waals surface area contributed by atoms with Gasteiger partial charge in [0.25, 0.3) is 0 Å². The van der Waals surface area contributed by atoms with Gasteiger partial charge in [0.1, 0.15) is 0 Å². The fraction of sp³-hybridized carbons (Fsp3) is 0.333. The Hall–Kier alpha value is -0.800. The SMILES string of the molecule is C=C(CS(=O)(=O)C(C)C)c1cccc(Cl)c1. The first-order valence-electron chi connectivity index (χ1n) is 4.98. The van der Waals surface area contributed by atoms with E-state index < -0.39 is 9.84 Å². The summed E-state index contributed by atoms with van der Waals surface area (Å²) in [7, 11) is -3.10. The molecule has 2 nitrogen and oxygen atoms in total. The van der Waals surface area contributed by atoms with Crippen LogP contribution in [0.15, 0.2) is 30.8 Å². The van der Waals surface area contributed by atoms with Crippen molar-refractivity contribution in [1.82, 2.24) is 0 Å². The zero-order valence-corrected chi connectivity index (χ0v) is 11.0. The van der Waals surface area contributed by atoms with Crippen LogP contribution in [0.1, 0.15) is 19.4 Å². The maximum absolute atomic E-state index is 11.7. The molecular weight excluding hydrogens is 244 g/mol. The molecule has 0 unspecified atom stereocenters. The summed E-state index contributed by atoms with van der Waals surface area (Å²) in [4.78, 5) is 0. The van der Waals surface area contributed by atoms with Crippen LogP contribution in [0.2, 0.25) is 5.02 Å². The lowest BCUT2D eigenvalue weighted by molar-refractivity contribution is 0.591. The van der Waals surface area contributed by atoms with Crippen molar-refractivity contribution in [2.75, 3.05) is 5.75 Å². The van der Waals surface area contributed by atoms with Crippen LogP contribution in [0.5, 0.6) is 0 Å². The Morgan fingerprint density at radius 3 is 2.56 bits per heavy atom. The van der Waals surface area contributed by atoms with Crippen LogP contribution in [-0.2, 0) is 9.84 Å². The summed E-state index contributed by atoms with van der Waals surface area (Å²) in [6, 6.07) is 7.06. The first-order chi connectivity index (χ1) is 7.33. The van der Waals surface area contributed by atoms with Gasteiger partial charge in [-0.05, 0) is 37.1 Å². The van der Waals surface area contributed by atoms with Gasteiger partial charge in [0.2, 0.25) is 0 Å². The molecule has 0 aromatic heterocycles. The predicted molar refractivity (Wildman–Crippen MR) is 69.4 cm³/mol. The van der Waals surface area contributed by atoms with Gasteiger partial charge in [-0.2, -0.15) is 0 Å². The van der Waals surface area contributed by atoms with Gasteiger partial charge in [0.15, 0.2) is 9.84 Å². The summed E-state index contributed by atoms with van der Waals surface area (Å²) >= 11 is 5.83. The molecule has 0 aliphatic rings. The maximum Gasteiger partial charge on any atom is 0.156 e. The van der Waals surface area contributed by atoms with Crippen LogP contribution in [0.25, 0.3) is 5.57 Å². The fourth-order valence-corrected chi connectivity index (χ4v) is 2.38. The Balaban J connectivity index is 2.90. The molecule has 0 atom stereocenters. The second-order valence-corrected chi connectivity index (χ2v) is 6.96. The van der Waals surface area contributed by atoms with Gasteiger partial charge in [-0.15, -0.1) is 0 Å². The van der Waals surface area contributed by atoms with E-state index in [0.29, 0.717) is 10.6 Å². The Labute approximate surface area is 102 Å². The molecule has 16 heavy (non-hydrogen) atoms. The van der Waals surface area contributed by atoms with E-state index in [1.54, 1.807) is 32.0 Å². The van der Waals surface area contributed by atoms with Crippen molar-refractivity contribution in [1.29, 1.82) is 0 Å². The summed E-state index contributed by atoms with van der Waals surface area (Å²) in [6.07, 6.45) is 0. The van der Waals surface area contributed by atoms with Gasteiger partial charge in [-0.3, -0.25) is 0 Å². The molecule has 0 saturated carbocycles. The van der Waals surface area contributed by atoms with Crippen molar-refractivity contribution in [2.24, 2.45) is 0 Å². The molecule has 0 fully saturated rings. The molecular formula is C12H15ClO2S. The molecule has 0 saturated heterocycles. The quantitative estimate of drug-likeness (QED) is 0.831. The molecule has 0 heterocycles. The van der Waals surface area contributed by atoms with Gasteiger partial charge in [-0.25, -0.2) is 8.42 Å². The van der Waals surface area contributed by atoms with Crippen LogP contribution in [-0.4, -0.2) is 19.4 Å². The van der Waals surface area contributed by atoms with Crippen molar-refractivity contribution in [3.8, 4) is 0 Å². The highest BCUT2D eigenvalue weighted by Crippen LogP contribution is 2.20. The fourth-order valence-electron chi connectivity index (χ4n) is 1.20. The molecule has 0 spiro atoms. The topological polar surface area (TPSA) is 34.1 Å². The number of hydrogen-bond donors (Lipinski definition) is 0. The maximum atomic E-state index is 11.7. The smallest absolute Gasteiger partial charge is 0.156 e. The summed E-state index contributed by atoms with van der Waals surface area (Å²) in [5.41, 5.74) is 1.35. The largest absolute Gasteiger partial charge is 0.228 e. The number of rotatable bonds is 4. The van der Waals surface area contributed by atoms with Gasteiger partial charge >= 0.3 is 0 Å². The third kappa shape index (κ3) is 3.35. The molecule has 1 aromatic rings. The Kier molecular flexibility index (Phi) is 4.16. The summed E-state index contributed by atoms with van der Waals surface area (Å²) in [5, 5.41) is 0.198. The second kappa shape index (κ2) is 5.02. The molecule has 0 aliphatic carbocycles. The normalized spacial score (nSPS) is 11.8. The highest BCUT2D eigenvalue weighted by Gasteiger charge is 2.17. The highest BCUT2D eigenvalue weighted by atomic mass is 35.5. The van der Waals surface area contributed by atoms with Crippen LogP contribution in [0, 0.1) is 0 Å². The van der Waals surface area contributed by atoms with Crippen LogP contribution >= 0.6 is 11.6 Å². The average Bonchev–Trinajstić information content (AvgIpc) is 2.16. The van der Waals surface area contributed by atoms with Crippen LogP contribution in [0.3, 0.4) is 0 Å². The Morgan fingerprint density at radius 2 is 2.06 bits per heavy atom. The molecule has 4 heteroatoms. The van der Waals surface area contributed by atoms with Crippen molar-refractivity contribution in [3.63, 3.8) is 0 Å². The zero-order valence-electron chi connectivity index (χ0n) is 9.40. The molecule has 0 aliphatic heterocycles. The van der Waals surface area contributed by atoms with E-state index in [2.05, 4.69) is 6.58 Å². The predicted octanol–water partition coefficient (Wildman–Crippen LogP) is 3.18. The van der Waals surface area contributed by atoms with Crippen LogP contribution in [0.4, 0.5) is 0 Å². The lowest BCUT2D eigenvalue weighted by Gasteiger charge is -2.10. The van der Waals surface area contributed by atoms with Gasteiger partial charge in [-0.1, -0.05) is 30.3 Å². The zero-order chi connectivity index (χ0) is 12.3. The van der Waals surface area contributed by atoms with E-state index in [1.165, 1.54) is 0 Å². The number of benzene rings is 1. The molecule has 88 valence electrons. The summed E-state index contributed by atoms with van der Waals surface area (Å²) < 4.78 is 23.4. The Bertz CT molecular complexity index is 489. The van der Waals surface area contributed by atoms with Crippen molar-refractivity contribution in [2.45, 2.75) is 19.1 Å². The van der Waals surface area contributed by atoms with Crippen LogP contribution < -0.4 is 0 Å². The van der Waals surface area contributed by atoms with E-state index in [4.69, 9.17) is 11.6 Å². The van der Waals surface area contributed by atoms with E-state index in [-0.39, 0.29) is 11.0 Å². The van der Waals surface area contributed by atoms with E-state index in [1.807, 2.05) is 6.07 Å². The molecule has 0 radical (unpaired) electrons. The standard InChI is InChI=1S/C12H15ClO2S/c1-9(2)16(14,15)8-10(3)11-5-4-6-12(13)7-11/h4-7,9H,3,8H2,1-2H3. The summed E-state index contributed by atoms with van der Waals surface area (Å²) in [6.45, 7) is 7.13. The number of sulfone groups is 1. The van der Waals surface area contributed by atoms with Crippen molar-refractivity contribution >= 4 is 27.0 Å². The van der Waals surface area contributed by atoms with E-state index in [0.717, 1.165) is 5.56 Å². The molecule has 1 aromatic carbocycles. The minimum atomic E-state index is -3.10. The van der Waals surface area contributed by atoms with E-state index in [9.17, 15) is 8.42 Å². The van der Waals surface area contributed by atoms with Gasteiger partial charge < -0.3 is 0 Å². The van der Waals surface area contributed by atoms with Gasteiger partial charge in [0.05, 0.1) is 11.0 Å². The number of halogens is 1. The van der Waals surface area contributed by atoms with Gasteiger partial charge in [0, 0.05) is 5.02 Å². The van der Waals surface area contributed by atoms with Crippen molar-refractivity contribution < 1.29 is 8.42 Å². The Morgan fingerprint density at radius 1 is 1.44 bits per heavy atom. The van der Waals surface area contributed by atoms with Crippen molar-refractivity contribution in [3.05, 3.63) is 41.4 Å². The lowest BCUT2D eigenvalue weighted by Crippen LogP contribution is -2.18. The molecule has 0 bridgehead atoms. The lowest BCUT2D eigenvalue weighted by atomic mass is 10.1. The second-order valence-electron chi connectivity index (χ2n) is 3.97. The first kappa shape index (κ1) is 13.3. The third-order valence-electron chi connectivity index (χ3n) is 2.33. The molecule has 0 amide bonds.